The number of anilines is 1. The molecule has 0 aliphatic carbocycles. The van der Waals surface area contributed by atoms with Crippen molar-refractivity contribution < 1.29 is 18.8 Å². The van der Waals surface area contributed by atoms with Crippen LogP contribution >= 0.6 is 0 Å². The standard InChI is InChI=1S/C27H31BN4O4/c1-18(31-32-25(33)20-12-14-30-15-13-20)23-16-22(29)10-11-24(23)34-17-19-6-8-21(9-7-19)28-35-26(2,3)27(4,5)36-28/h6-16H,17,29H2,1-5H3,(H,32,33)/b31-18+. The van der Waals surface area contributed by atoms with E-state index in [1.807, 2.05) is 52.0 Å². The number of benzene rings is 2. The summed E-state index contributed by atoms with van der Waals surface area (Å²) in [5, 5.41) is 4.24. The lowest BCUT2D eigenvalue weighted by Gasteiger charge is -2.32. The number of hydrogen-bond acceptors (Lipinski definition) is 7. The van der Waals surface area contributed by atoms with Gasteiger partial charge in [-0.2, -0.15) is 5.10 Å². The number of carbonyl (C=O) groups excluding carboxylic acids is 1. The topological polar surface area (TPSA) is 108 Å². The summed E-state index contributed by atoms with van der Waals surface area (Å²) in [6, 6.07) is 16.5. The quantitative estimate of drug-likeness (QED) is 0.228. The highest BCUT2D eigenvalue weighted by Gasteiger charge is 2.51. The van der Waals surface area contributed by atoms with Crippen LogP contribution in [0, 0.1) is 0 Å². The average molecular weight is 486 g/mol. The van der Waals surface area contributed by atoms with E-state index in [1.54, 1.807) is 49.6 Å². The second-order valence-electron chi connectivity index (χ2n) is 9.75. The third-order valence-corrected chi connectivity index (χ3v) is 6.56. The third-order valence-electron chi connectivity index (χ3n) is 6.56. The molecule has 0 spiro atoms. The number of nitrogens with one attached hydrogen (secondary N) is 1. The van der Waals surface area contributed by atoms with E-state index >= 15 is 0 Å². The highest BCUT2D eigenvalue weighted by atomic mass is 16.7. The van der Waals surface area contributed by atoms with E-state index < -0.39 is 7.12 Å². The average Bonchev–Trinajstić information content (AvgIpc) is 3.08. The normalized spacial score (nSPS) is 16.6. The fourth-order valence-corrected chi connectivity index (χ4v) is 3.63. The molecule has 1 aliphatic heterocycles. The Bertz CT molecular complexity index is 1240. The summed E-state index contributed by atoms with van der Waals surface area (Å²) in [7, 11) is -0.408. The number of rotatable bonds is 7. The fourth-order valence-electron chi connectivity index (χ4n) is 3.63. The van der Waals surface area contributed by atoms with E-state index in [0.717, 1.165) is 11.0 Å². The van der Waals surface area contributed by atoms with Crippen molar-refractivity contribution in [3.05, 3.63) is 83.7 Å². The Labute approximate surface area is 212 Å². The number of ether oxygens (including phenoxy) is 1. The molecule has 8 nitrogen and oxygen atoms in total. The van der Waals surface area contributed by atoms with E-state index in [-0.39, 0.29) is 17.1 Å². The predicted octanol–water partition coefficient (Wildman–Crippen LogP) is 3.70. The molecule has 3 N–H and O–H groups in total. The Balaban J connectivity index is 1.43. The number of hydrogen-bond donors (Lipinski definition) is 2. The largest absolute Gasteiger partial charge is 0.494 e. The van der Waals surface area contributed by atoms with Crippen molar-refractivity contribution in [2.45, 2.75) is 52.4 Å². The van der Waals surface area contributed by atoms with E-state index in [1.165, 1.54) is 0 Å². The van der Waals surface area contributed by atoms with Crippen molar-refractivity contribution in [3.63, 3.8) is 0 Å². The van der Waals surface area contributed by atoms with E-state index in [4.69, 9.17) is 19.8 Å². The molecule has 1 aliphatic rings. The minimum Gasteiger partial charge on any atom is -0.488 e. The summed E-state index contributed by atoms with van der Waals surface area (Å²) >= 11 is 0. The molecule has 9 heteroatoms. The lowest BCUT2D eigenvalue weighted by molar-refractivity contribution is 0.00578. The monoisotopic (exact) mass is 486 g/mol. The van der Waals surface area contributed by atoms with Crippen molar-refractivity contribution in [2.75, 3.05) is 5.73 Å². The smallest absolute Gasteiger partial charge is 0.488 e. The van der Waals surface area contributed by atoms with Crippen molar-refractivity contribution in [2.24, 2.45) is 5.10 Å². The molecule has 4 rings (SSSR count). The number of nitrogens with zero attached hydrogens (tertiary/aromatic N) is 2. The highest BCUT2D eigenvalue weighted by Crippen LogP contribution is 2.36. The Morgan fingerprint density at radius 3 is 2.31 bits per heavy atom. The molecule has 186 valence electrons. The number of nitrogen functional groups attached to an aromatic ring is 1. The number of hydrazone groups is 1. The molecule has 1 amide bonds. The molecule has 1 fully saturated rings. The van der Waals surface area contributed by atoms with E-state index in [2.05, 4.69) is 15.5 Å². The van der Waals surface area contributed by atoms with Crippen LogP contribution in [0.5, 0.6) is 5.75 Å². The van der Waals surface area contributed by atoms with Gasteiger partial charge in [0.1, 0.15) is 12.4 Å². The van der Waals surface area contributed by atoms with Gasteiger partial charge in [-0.05, 0) is 76.0 Å². The van der Waals surface area contributed by atoms with Gasteiger partial charge in [-0.25, -0.2) is 5.43 Å². The van der Waals surface area contributed by atoms with Gasteiger partial charge >= 0.3 is 7.12 Å². The SMILES string of the molecule is C/C(=N\NC(=O)c1ccncc1)c1cc(N)ccc1OCc1ccc(B2OC(C)(C)C(C)(C)O2)cc1. The van der Waals surface area contributed by atoms with Gasteiger partial charge in [0, 0.05) is 29.2 Å². The zero-order chi connectivity index (χ0) is 25.9. The summed E-state index contributed by atoms with van der Waals surface area (Å²) in [4.78, 5) is 16.2. The number of pyridine rings is 1. The first kappa shape index (κ1) is 25.4. The summed E-state index contributed by atoms with van der Waals surface area (Å²) < 4.78 is 18.4. The molecule has 1 saturated heterocycles. The van der Waals surface area contributed by atoms with Crippen LogP contribution in [0.25, 0.3) is 0 Å². The molecule has 0 saturated carbocycles. The van der Waals surface area contributed by atoms with Crippen LogP contribution in [0.1, 0.15) is 56.1 Å². The van der Waals surface area contributed by atoms with Gasteiger partial charge in [0.05, 0.1) is 16.9 Å². The highest BCUT2D eigenvalue weighted by molar-refractivity contribution is 6.62. The van der Waals surface area contributed by atoms with Crippen LogP contribution in [0.2, 0.25) is 0 Å². The minimum absolute atomic E-state index is 0.329. The molecule has 3 aromatic rings. The summed E-state index contributed by atoms with van der Waals surface area (Å²) in [6.45, 7) is 10.3. The van der Waals surface area contributed by atoms with Crippen LogP contribution in [0.15, 0.2) is 72.1 Å². The molecule has 2 aromatic carbocycles. The van der Waals surface area contributed by atoms with Crippen LogP contribution < -0.4 is 21.4 Å². The second-order valence-corrected chi connectivity index (χ2v) is 9.75. The lowest BCUT2D eigenvalue weighted by Crippen LogP contribution is -2.41. The maximum absolute atomic E-state index is 12.3. The fraction of sp³-hybridized carbons (Fsp3) is 0.296. The zero-order valence-electron chi connectivity index (χ0n) is 21.2. The molecule has 0 atom stereocenters. The van der Waals surface area contributed by atoms with Gasteiger partial charge in [-0.1, -0.05) is 24.3 Å². The lowest BCUT2D eigenvalue weighted by atomic mass is 9.79. The van der Waals surface area contributed by atoms with E-state index in [0.29, 0.717) is 34.9 Å². The van der Waals surface area contributed by atoms with Crippen molar-refractivity contribution >= 4 is 29.9 Å². The van der Waals surface area contributed by atoms with Gasteiger partial charge in [0.15, 0.2) is 0 Å². The Hall–Kier alpha value is -3.69. The van der Waals surface area contributed by atoms with Crippen molar-refractivity contribution in [3.8, 4) is 5.75 Å². The first-order valence-electron chi connectivity index (χ1n) is 11.8. The first-order valence-corrected chi connectivity index (χ1v) is 11.8. The Morgan fingerprint density at radius 1 is 1.03 bits per heavy atom. The van der Waals surface area contributed by atoms with Crippen molar-refractivity contribution in [1.82, 2.24) is 10.4 Å². The maximum Gasteiger partial charge on any atom is 0.494 e. The van der Waals surface area contributed by atoms with Gasteiger partial charge < -0.3 is 19.8 Å². The van der Waals surface area contributed by atoms with Crippen LogP contribution in [-0.4, -0.2) is 34.9 Å². The number of amides is 1. The molecule has 0 radical (unpaired) electrons. The molecule has 0 bridgehead atoms. The number of carbonyl (C=O) groups is 1. The van der Waals surface area contributed by atoms with Gasteiger partial charge in [0.2, 0.25) is 0 Å². The molecule has 36 heavy (non-hydrogen) atoms. The first-order chi connectivity index (χ1) is 17.1. The maximum atomic E-state index is 12.3. The molecule has 1 aromatic heterocycles. The van der Waals surface area contributed by atoms with Crippen LogP contribution in [0.3, 0.4) is 0 Å². The van der Waals surface area contributed by atoms with Gasteiger partial charge in [0.25, 0.3) is 5.91 Å². The molecular weight excluding hydrogens is 455 g/mol. The van der Waals surface area contributed by atoms with Crippen molar-refractivity contribution in [1.29, 1.82) is 0 Å². The zero-order valence-corrected chi connectivity index (χ0v) is 21.2. The van der Waals surface area contributed by atoms with Crippen LogP contribution in [0.4, 0.5) is 5.69 Å². The minimum atomic E-state index is -0.408. The number of aromatic nitrogens is 1. The molecular formula is C27H31BN4O4. The number of nitrogens with two attached hydrogens (primary N) is 1. The van der Waals surface area contributed by atoms with Gasteiger partial charge in [-0.15, -0.1) is 0 Å². The van der Waals surface area contributed by atoms with Gasteiger partial charge in [-0.3, -0.25) is 9.78 Å². The second kappa shape index (κ2) is 10.1. The Kier molecular flexibility index (Phi) is 7.15. The molecule has 2 heterocycles. The van der Waals surface area contributed by atoms with Crippen LogP contribution in [-0.2, 0) is 15.9 Å². The van der Waals surface area contributed by atoms with E-state index in [9.17, 15) is 4.79 Å². The summed E-state index contributed by atoms with van der Waals surface area (Å²) in [5.41, 5.74) is 12.0. The third kappa shape index (κ3) is 5.58. The Morgan fingerprint density at radius 2 is 1.67 bits per heavy atom. The summed E-state index contributed by atoms with van der Waals surface area (Å²) in [5.74, 6) is 0.281. The predicted molar refractivity (Wildman–Crippen MR) is 141 cm³/mol. The molecule has 0 unspecified atom stereocenters. The summed E-state index contributed by atoms with van der Waals surface area (Å²) in [6.07, 6.45) is 3.11.